The van der Waals surface area contributed by atoms with Crippen molar-refractivity contribution in [3.63, 3.8) is 0 Å². The van der Waals surface area contributed by atoms with Crippen LogP contribution in [-0.4, -0.2) is 14.5 Å². The van der Waals surface area contributed by atoms with E-state index in [0.717, 1.165) is 35.5 Å². The Kier molecular flexibility index (Phi) is 3.87. The summed E-state index contributed by atoms with van der Waals surface area (Å²) in [5, 5.41) is 2.66. The van der Waals surface area contributed by atoms with Crippen molar-refractivity contribution in [2.75, 3.05) is 0 Å². The highest BCUT2D eigenvalue weighted by Crippen LogP contribution is 2.63. The molecule has 0 aromatic carbocycles. The molecule has 3 heteroatoms. The molecule has 8 fully saturated rings. The summed E-state index contributed by atoms with van der Waals surface area (Å²) in [7, 11) is 0. The molecular weight excluding hydrogens is 378 g/mol. The first-order valence-electron chi connectivity index (χ1n) is 12.0. The van der Waals surface area contributed by atoms with Gasteiger partial charge >= 0.3 is 0 Å². The van der Waals surface area contributed by atoms with E-state index >= 15 is 0 Å². The lowest BCUT2D eigenvalue weighted by atomic mass is 9.56. The van der Waals surface area contributed by atoms with E-state index in [1.165, 1.54) is 87.1 Å². The summed E-state index contributed by atoms with van der Waals surface area (Å²) in [4.78, 5) is 5.25. The second-order valence-electron chi connectivity index (χ2n) is 11.7. The molecule has 8 aliphatic rings. The lowest BCUT2D eigenvalue weighted by Gasteiger charge is -2.56. The molecule has 1 aromatic heterocycles. The standard InChI is InChI=1S/C25H33NS2/c1-2-22(27-24-10-16-4-17(11-24)6-18(5-16)12-24)26-23(3-1)28-25-13-19-7-20(14-25)9-21(8-19)15-25/h1-3,16-21H,4-15H2. The van der Waals surface area contributed by atoms with Crippen LogP contribution in [-0.2, 0) is 0 Å². The lowest BCUT2D eigenvalue weighted by molar-refractivity contribution is 0.0382. The van der Waals surface area contributed by atoms with Crippen molar-refractivity contribution in [1.29, 1.82) is 0 Å². The Morgan fingerprint density at radius 1 is 0.571 bits per heavy atom. The van der Waals surface area contributed by atoms with Crippen LogP contribution in [0, 0.1) is 35.5 Å². The summed E-state index contributed by atoms with van der Waals surface area (Å²) in [6.07, 6.45) is 18.0. The summed E-state index contributed by atoms with van der Waals surface area (Å²) < 4.78 is 1.07. The second-order valence-corrected chi connectivity index (χ2v) is 14.7. The third kappa shape index (κ3) is 2.93. The van der Waals surface area contributed by atoms with Crippen molar-refractivity contribution in [2.45, 2.75) is 96.6 Å². The molecule has 8 saturated carbocycles. The van der Waals surface area contributed by atoms with Crippen molar-refractivity contribution >= 4 is 23.5 Å². The van der Waals surface area contributed by atoms with Gasteiger partial charge < -0.3 is 0 Å². The van der Waals surface area contributed by atoms with Gasteiger partial charge in [-0.1, -0.05) is 29.6 Å². The molecule has 0 unspecified atom stereocenters. The van der Waals surface area contributed by atoms with Gasteiger partial charge in [-0.2, -0.15) is 0 Å². The number of aromatic nitrogens is 1. The maximum Gasteiger partial charge on any atom is 0.0978 e. The summed E-state index contributed by atoms with van der Waals surface area (Å²) in [6, 6.07) is 6.93. The topological polar surface area (TPSA) is 12.9 Å². The van der Waals surface area contributed by atoms with Gasteiger partial charge in [0.1, 0.15) is 0 Å². The molecule has 1 heterocycles. The molecule has 150 valence electrons. The maximum atomic E-state index is 5.25. The number of thioether (sulfide) groups is 2. The zero-order valence-electron chi connectivity index (χ0n) is 16.9. The SMILES string of the molecule is c1cc(SC23CC4CC(CC(C4)C2)C3)nc(SC23CC4CC(CC(C4)C2)C3)c1. The molecule has 28 heavy (non-hydrogen) atoms. The van der Waals surface area contributed by atoms with Crippen LogP contribution < -0.4 is 0 Å². The van der Waals surface area contributed by atoms with Gasteiger partial charge in [-0.15, -0.1) is 0 Å². The highest BCUT2D eigenvalue weighted by molar-refractivity contribution is 8.01. The van der Waals surface area contributed by atoms with Gasteiger partial charge in [0.2, 0.25) is 0 Å². The molecule has 0 N–H and O–H groups in total. The number of rotatable bonds is 4. The zero-order chi connectivity index (χ0) is 18.3. The van der Waals surface area contributed by atoms with Crippen LogP contribution in [0.15, 0.2) is 28.3 Å². The van der Waals surface area contributed by atoms with Gasteiger partial charge in [0, 0.05) is 9.49 Å². The number of hydrogen-bond donors (Lipinski definition) is 0. The van der Waals surface area contributed by atoms with E-state index in [1.807, 2.05) is 0 Å². The van der Waals surface area contributed by atoms with E-state index in [9.17, 15) is 0 Å². The van der Waals surface area contributed by atoms with Crippen LogP contribution >= 0.6 is 23.5 Å². The third-order valence-electron chi connectivity index (χ3n) is 9.30. The fourth-order valence-corrected chi connectivity index (χ4v) is 12.7. The molecule has 9 rings (SSSR count). The monoisotopic (exact) mass is 411 g/mol. The van der Waals surface area contributed by atoms with E-state index in [2.05, 4.69) is 41.7 Å². The zero-order valence-corrected chi connectivity index (χ0v) is 18.6. The fourth-order valence-electron chi connectivity index (χ4n) is 9.27. The van der Waals surface area contributed by atoms with E-state index < -0.39 is 0 Å². The van der Waals surface area contributed by atoms with Crippen LogP contribution in [0.2, 0.25) is 0 Å². The van der Waals surface area contributed by atoms with Crippen molar-refractivity contribution in [2.24, 2.45) is 35.5 Å². The number of nitrogens with zero attached hydrogens (tertiary/aromatic N) is 1. The van der Waals surface area contributed by atoms with E-state index in [1.54, 1.807) is 0 Å². The molecule has 8 aliphatic carbocycles. The fraction of sp³-hybridized carbons (Fsp3) is 0.800. The van der Waals surface area contributed by atoms with Gasteiger partial charge in [0.15, 0.2) is 0 Å². The molecule has 0 atom stereocenters. The van der Waals surface area contributed by atoms with Crippen LogP contribution in [0.4, 0.5) is 0 Å². The molecule has 0 amide bonds. The Balaban J connectivity index is 1.12. The first-order chi connectivity index (χ1) is 13.6. The largest absolute Gasteiger partial charge is 0.235 e. The molecule has 1 nitrogen and oxygen atoms in total. The van der Waals surface area contributed by atoms with Gasteiger partial charge in [0.25, 0.3) is 0 Å². The first-order valence-corrected chi connectivity index (χ1v) is 13.6. The molecular formula is C25H33NS2. The molecule has 0 saturated heterocycles. The Morgan fingerprint density at radius 2 is 0.893 bits per heavy atom. The predicted octanol–water partition coefficient (Wildman–Crippen LogP) is 7.20. The minimum absolute atomic E-state index is 0.533. The number of hydrogen-bond acceptors (Lipinski definition) is 3. The highest BCUT2D eigenvalue weighted by atomic mass is 32.2. The van der Waals surface area contributed by atoms with Gasteiger partial charge in [0.05, 0.1) is 10.1 Å². The minimum atomic E-state index is 0.533. The average Bonchev–Trinajstić information content (AvgIpc) is 2.58. The van der Waals surface area contributed by atoms with Gasteiger partial charge in [-0.05, 0) is 125 Å². The highest BCUT2D eigenvalue weighted by Gasteiger charge is 2.53. The Bertz CT molecular complexity index is 655. The maximum absolute atomic E-state index is 5.25. The van der Waals surface area contributed by atoms with E-state index in [-0.39, 0.29) is 0 Å². The van der Waals surface area contributed by atoms with Crippen LogP contribution in [0.3, 0.4) is 0 Å². The summed E-state index contributed by atoms with van der Waals surface area (Å²) >= 11 is 4.37. The number of pyridine rings is 1. The summed E-state index contributed by atoms with van der Waals surface area (Å²) in [6.45, 7) is 0. The Labute approximate surface area is 178 Å². The minimum Gasteiger partial charge on any atom is -0.235 e. The Morgan fingerprint density at radius 3 is 1.21 bits per heavy atom. The predicted molar refractivity (Wildman–Crippen MR) is 118 cm³/mol. The lowest BCUT2D eigenvalue weighted by Crippen LogP contribution is -2.48. The molecule has 0 aliphatic heterocycles. The van der Waals surface area contributed by atoms with E-state index in [4.69, 9.17) is 4.98 Å². The van der Waals surface area contributed by atoms with Crippen molar-refractivity contribution in [1.82, 2.24) is 4.98 Å². The normalized spacial score (nSPS) is 50.4. The second kappa shape index (κ2) is 6.19. The van der Waals surface area contributed by atoms with E-state index in [0.29, 0.717) is 9.49 Å². The summed E-state index contributed by atoms with van der Waals surface area (Å²) in [5.41, 5.74) is 0. The smallest absolute Gasteiger partial charge is 0.0978 e. The molecule has 1 aromatic rings. The quantitative estimate of drug-likeness (QED) is 0.520. The van der Waals surface area contributed by atoms with Crippen LogP contribution in [0.5, 0.6) is 0 Å². The first kappa shape index (κ1) is 17.5. The van der Waals surface area contributed by atoms with Crippen LogP contribution in [0.1, 0.15) is 77.0 Å². The Hall–Kier alpha value is -0.150. The average molecular weight is 412 g/mol. The third-order valence-corrected chi connectivity index (χ3v) is 12.0. The molecule has 0 spiro atoms. The molecule has 8 bridgehead atoms. The van der Waals surface area contributed by atoms with Crippen molar-refractivity contribution in [3.05, 3.63) is 18.2 Å². The van der Waals surface area contributed by atoms with Crippen molar-refractivity contribution < 1.29 is 0 Å². The summed E-state index contributed by atoms with van der Waals surface area (Å²) in [5.74, 6) is 6.19. The van der Waals surface area contributed by atoms with Gasteiger partial charge in [-0.3, -0.25) is 0 Å². The van der Waals surface area contributed by atoms with Crippen LogP contribution in [0.25, 0.3) is 0 Å². The van der Waals surface area contributed by atoms with Crippen molar-refractivity contribution in [3.8, 4) is 0 Å². The molecule has 0 radical (unpaired) electrons. The van der Waals surface area contributed by atoms with Gasteiger partial charge in [-0.25, -0.2) is 4.98 Å².